The van der Waals surface area contributed by atoms with E-state index < -0.39 is 36.9 Å². The van der Waals surface area contributed by atoms with Crippen LogP contribution in [0.3, 0.4) is 0 Å². The first-order valence-electron chi connectivity index (χ1n) is 4.49. The fourth-order valence-corrected chi connectivity index (χ4v) is 1.35. The molecule has 1 saturated heterocycles. The van der Waals surface area contributed by atoms with Gasteiger partial charge in [-0.1, -0.05) is 0 Å². The lowest BCUT2D eigenvalue weighted by atomic mass is 10.2. The van der Waals surface area contributed by atoms with Crippen molar-refractivity contribution < 1.29 is 30.0 Å². The Morgan fingerprint density at radius 1 is 1.13 bits per heavy atom. The van der Waals surface area contributed by atoms with Gasteiger partial charge in [-0.15, -0.1) is 0 Å². The summed E-state index contributed by atoms with van der Waals surface area (Å²) in [7, 11) is 0. The molecule has 1 aliphatic rings. The summed E-state index contributed by atoms with van der Waals surface area (Å²) in [5, 5.41) is 36.2. The van der Waals surface area contributed by atoms with Crippen molar-refractivity contribution in [1.29, 1.82) is 0 Å². The molecule has 1 heterocycles. The van der Waals surface area contributed by atoms with E-state index in [0.29, 0.717) is 4.90 Å². The van der Waals surface area contributed by atoms with Gasteiger partial charge in [0.1, 0.15) is 12.2 Å². The zero-order valence-electron chi connectivity index (χ0n) is 7.91. The molecule has 1 rings (SSSR count). The van der Waals surface area contributed by atoms with Crippen LogP contribution in [0.15, 0.2) is 0 Å². The van der Waals surface area contributed by atoms with Gasteiger partial charge >= 0.3 is 0 Å². The van der Waals surface area contributed by atoms with Crippen LogP contribution in [0.5, 0.6) is 0 Å². The highest BCUT2D eigenvalue weighted by Gasteiger charge is 2.39. The predicted octanol–water partition coefficient (Wildman–Crippen LogP) is -2.83. The lowest BCUT2D eigenvalue weighted by molar-refractivity contribution is -0.167. The van der Waals surface area contributed by atoms with Gasteiger partial charge in [-0.2, -0.15) is 0 Å². The fraction of sp³-hybridized carbons (Fsp3) is 0.750. The molecule has 2 amide bonds. The molecule has 7 heteroatoms. The van der Waals surface area contributed by atoms with Crippen LogP contribution in [0.1, 0.15) is 12.8 Å². The summed E-state index contributed by atoms with van der Waals surface area (Å²) in [6, 6.07) is 0. The zero-order valence-corrected chi connectivity index (χ0v) is 7.91. The first-order valence-corrected chi connectivity index (χ1v) is 4.49. The molecule has 0 aromatic heterocycles. The normalized spacial score (nSPS) is 23.1. The summed E-state index contributed by atoms with van der Waals surface area (Å²) in [4.78, 5) is 22.8. The Kier molecular flexibility index (Phi) is 3.75. The Morgan fingerprint density at radius 3 is 2.00 bits per heavy atom. The van der Waals surface area contributed by atoms with Crippen molar-refractivity contribution in [2.45, 2.75) is 31.3 Å². The Hall–Kier alpha value is -1.02. The molecular weight excluding hydrogens is 206 g/mol. The third kappa shape index (κ3) is 2.32. The fourth-order valence-electron chi connectivity index (χ4n) is 1.35. The molecule has 3 atom stereocenters. The number of amides is 2. The van der Waals surface area contributed by atoms with Crippen molar-refractivity contribution in [2.24, 2.45) is 0 Å². The molecule has 86 valence electrons. The van der Waals surface area contributed by atoms with E-state index in [0.717, 1.165) is 0 Å². The van der Waals surface area contributed by atoms with Crippen LogP contribution in [0.25, 0.3) is 0 Å². The average molecular weight is 219 g/mol. The molecule has 0 aromatic rings. The minimum Gasteiger partial charge on any atom is -0.394 e. The van der Waals surface area contributed by atoms with Crippen LogP contribution in [0.4, 0.5) is 0 Å². The average Bonchev–Trinajstić information content (AvgIpc) is 2.55. The predicted molar refractivity (Wildman–Crippen MR) is 46.2 cm³/mol. The molecule has 0 bridgehead atoms. The van der Waals surface area contributed by atoms with Gasteiger partial charge in [0.2, 0.25) is 11.8 Å². The largest absolute Gasteiger partial charge is 0.394 e. The number of hydrogen-bond acceptors (Lipinski definition) is 6. The second kappa shape index (κ2) is 4.67. The Morgan fingerprint density at radius 2 is 1.60 bits per heavy atom. The maximum Gasteiger partial charge on any atom is 0.231 e. The van der Waals surface area contributed by atoms with Crippen molar-refractivity contribution in [1.82, 2.24) is 4.90 Å². The molecule has 4 N–H and O–H groups in total. The Labute approximate surface area is 85.5 Å². The summed E-state index contributed by atoms with van der Waals surface area (Å²) in [5.74, 6) is -1.20. The van der Waals surface area contributed by atoms with Gasteiger partial charge in [0.05, 0.1) is 6.61 Å². The van der Waals surface area contributed by atoms with Gasteiger partial charge in [0.15, 0.2) is 6.23 Å². The van der Waals surface area contributed by atoms with Crippen LogP contribution in [-0.4, -0.2) is 62.2 Å². The van der Waals surface area contributed by atoms with Gasteiger partial charge in [-0.3, -0.25) is 14.5 Å². The molecular formula is C8H13NO6. The summed E-state index contributed by atoms with van der Waals surface area (Å²) in [6.07, 6.45) is -5.20. The molecule has 0 radical (unpaired) electrons. The lowest BCUT2D eigenvalue weighted by Gasteiger charge is -2.27. The maximum atomic E-state index is 11.1. The standard InChI is InChI=1S/C8H13NO6/c10-3-4(11)7(14)8(15)9-5(12)1-2-6(9)13/h4,7-8,10-11,14-15H,1-3H2/t4-,7+,8?/m1/s1. The quantitative estimate of drug-likeness (QED) is 0.378. The zero-order chi connectivity index (χ0) is 11.6. The van der Waals surface area contributed by atoms with Gasteiger partial charge in [-0.25, -0.2) is 0 Å². The third-order valence-corrected chi connectivity index (χ3v) is 2.24. The molecule has 15 heavy (non-hydrogen) atoms. The number of rotatable bonds is 4. The summed E-state index contributed by atoms with van der Waals surface area (Å²) < 4.78 is 0. The number of carbonyl (C=O) groups is 2. The highest BCUT2D eigenvalue weighted by Crippen LogP contribution is 2.17. The van der Waals surface area contributed by atoms with Crippen molar-refractivity contribution >= 4 is 11.8 Å². The van der Waals surface area contributed by atoms with Crippen molar-refractivity contribution in [3.05, 3.63) is 0 Å². The van der Waals surface area contributed by atoms with Crippen LogP contribution in [0, 0.1) is 0 Å². The van der Waals surface area contributed by atoms with Gasteiger partial charge in [-0.05, 0) is 0 Å². The van der Waals surface area contributed by atoms with E-state index >= 15 is 0 Å². The Balaban J connectivity index is 2.70. The maximum absolute atomic E-state index is 11.1. The second-order valence-electron chi connectivity index (χ2n) is 3.31. The summed E-state index contributed by atoms with van der Waals surface area (Å²) >= 11 is 0. The lowest BCUT2D eigenvalue weighted by Crippen LogP contribution is -2.51. The number of imide groups is 1. The van der Waals surface area contributed by atoms with E-state index in [1.165, 1.54) is 0 Å². The molecule has 1 fully saturated rings. The SMILES string of the molecule is O=C1CCC(=O)N1C(O)[C@@H](O)[C@H](O)CO. The van der Waals surface area contributed by atoms with E-state index in [4.69, 9.17) is 10.2 Å². The summed E-state index contributed by atoms with van der Waals surface area (Å²) in [5.41, 5.74) is 0. The molecule has 0 aromatic carbocycles. The van der Waals surface area contributed by atoms with E-state index in [2.05, 4.69) is 0 Å². The first kappa shape index (κ1) is 12.1. The number of likely N-dealkylation sites (tertiary alicyclic amines) is 1. The van der Waals surface area contributed by atoms with Crippen LogP contribution in [-0.2, 0) is 9.59 Å². The molecule has 7 nitrogen and oxygen atoms in total. The van der Waals surface area contributed by atoms with Gasteiger partial charge < -0.3 is 20.4 Å². The monoisotopic (exact) mass is 219 g/mol. The smallest absolute Gasteiger partial charge is 0.231 e. The van der Waals surface area contributed by atoms with E-state index in [1.807, 2.05) is 0 Å². The van der Waals surface area contributed by atoms with Gasteiger partial charge in [0, 0.05) is 12.8 Å². The number of aliphatic hydroxyl groups excluding tert-OH is 4. The van der Waals surface area contributed by atoms with Crippen molar-refractivity contribution in [3.8, 4) is 0 Å². The second-order valence-corrected chi connectivity index (χ2v) is 3.31. The topological polar surface area (TPSA) is 118 Å². The van der Waals surface area contributed by atoms with E-state index in [1.54, 1.807) is 0 Å². The van der Waals surface area contributed by atoms with Crippen LogP contribution >= 0.6 is 0 Å². The number of nitrogens with zero attached hydrogens (tertiary/aromatic N) is 1. The third-order valence-electron chi connectivity index (χ3n) is 2.24. The van der Waals surface area contributed by atoms with E-state index in [-0.39, 0.29) is 12.8 Å². The highest BCUT2D eigenvalue weighted by molar-refractivity contribution is 6.02. The van der Waals surface area contributed by atoms with Crippen LogP contribution < -0.4 is 0 Å². The number of hydrogen-bond donors (Lipinski definition) is 4. The molecule has 0 spiro atoms. The molecule has 0 saturated carbocycles. The van der Waals surface area contributed by atoms with Gasteiger partial charge in [0.25, 0.3) is 0 Å². The Bertz CT molecular complexity index is 252. The minimum atomic E-state index is -1.81. The molecule has 0 aliphatic carbocycles. The minimum absolute atomic E-state index is 0.0160. The van der Waals surface area contributed by atoms with Crippen molar-refractivity contribution in [3.63, 3.8) is 0 Å². The highest BCUT2D eigenvalue weighted by atomic mass is 16.4. The van der Waals surface area contributed by atoms with Crippen molar-refractivity contribution in [2.75, 3.05) is 6.61 Å². The number of aliphatic hydroxyl groups is 4. The summed E-state index contributed by atoms with van der Waals surface area (Å²) in [6.45, 7) is -0.769. The molecule has 1 unspecified atom stereocenters. The van der Waals surface area contributed by atoms with E-state index in [9.17, 15) is 19.8 Å². The number of carbonyl (C=O) groups excluding carboxylic acids is 2. The molecule has 1 aliphatic heterocycles. The van der Waals surface area contributed by atoms with Crippen LogP contribution in [0.2, 0.25) is 0 Å². The first-order chi connectivity index (χ1) is 6.99.